The van der Waals surface area contributed by atoms with Gasteiger partial charge in [-0.3, -0.25) is 0 Å². The van der Waals surface area contributed by atoms with Crippen molar-refractivity contribution in [1.82, 2.24) is 9.88 Å². The molecule has 5 nitrogen and oxygen atoms in total. The summed E-state index contributed by atoms with van der Waals surface area (Å²) in [4.78, 5) is 16.1. The molecule has 0 saturated carbocycles. The number of carbonyl (C=O) groups is 1. The smallest absolute Gasteiger partial charge is 0.410 e. The van der Waals surface area contributed by atoms with Gasteiger partial charge in [0.1, 0.15) is 11.7 Å². The third-order valence-electron chi connectivity index (χ3n) is 2.63. The highest BCUT2D eigenvalue weighted by Gasteiger charge is 2.36. The molecular weight excluding hydrogens is 289 g/mol. The highest BCUT2D eigenvalue weighted by Crippen LogP contribution is 2.22. The largest absolute Gasteiger partial charge is 0.468 e. The topological polar surface area (TPSA) is 51.7 Å². The Morgan fingerprint density at radius 3 is 2.48 bits per heavy atom. The highest BCUT2D eigenvalue weighted by atomic mass is 19.2. The molecule has 1 fully saturated rings. The van der Waals surface area contributed by atoms with Gasteiger partial charge in [0.15, 0.2) is 11.6 Å². The summed E-state index contributed by atoms with van der Waals surface area (Å²) in [6.07, 6.45) is -1.05. The minimum absolute atomic E-state index is 0.162. The van der Waals surface area contributed by atoms with Gasteiger partial charge >= 0.3 is 6.09 Å². The van der Waals surface area contributed by atoms with Crippen molar-refractivity contribution >= 4 is 6.09 Å². The molecule has 1 saturated heterocycles. The maximum Gasteiger partial charge on any atom is 0.410 e. The van der Waals surface area contributed by atoms with Crippen molar-refractivity contribution in [2.24, 2.45) is 0 Å². The van der Waals surface area contributed by atoms with Crippen LogP contribution in [0.5, 0.6) is 5.88 Å². The van der Waals surface area contributed by atoms with Crippen molar-refractivity contribution in [2.75, 3.05) is 13.1 Å². The summed E-state index contributed by atoms with van der Waals surface area (Å²) in [5.41, 5.74) is -0.614. The van der Waals surface area contributed by atoms with Crippen LogP contribution < -0.4 is 4.74 Å². The molecule has 1 aliphatic rings. The van der Waals surface area contributed by atoms with E-state index in [9.17, 15) is 18.0 Å². The number of hydrogen-bond donors (Lipinski definition) is 0. The number of pyridine rings is 1. The van der Waals surface area contributed by atoms with E-state index in [4.69, 9.17) is 9.47 Å². The molecule has 2 heterocycles. The molecular formula is C13H15F3N2O3. The van der Waals surface area contributed by atoms with Crippen LogP contribution in [-0.2, 0) is 4.74 Å². The van der Waals surface area contributed by atoms with Crippen LogP contribution in [-0.4, -0.2) is 40.8 Å². The standard InChI is InChI=1S/C13H15F3N2O3/c1-13(2,3)21-12(19)18-5-7(6-18)20-11-9(15)4-8(14)10(16)17-11/h4,7H,5-6H2,1-3H3. The Kier molecular flexibility index (Phi) is 3.97. The molecule has 116 valence electrons. The SMILES string of the molecule is CC(C)(C)OC(=O)N1CC(Oc2nc(F)c(F)cc2F)C1. The average molecular weight is 304 g/mol. The monoisotopic (exact) mass is 304 g/mol. The van der Waals surface area contributed by atoms with Crippen molar-refractivity contribution < 1.29 is 27.4 Å². The van der Waals surface area contributed by atoms with Gasteiger partial charge in [0, 0.05) is 6.07 Å². The molecule has 0 bridgehead atoms. The number of halogens is 3. The predicted molar refractivity (Wildman–Crippen MR) is 66.3 cm³/mol. The summed E-state index contributed by atoms with van der Waals surface area (Å²) in [5, 5.41) is 0. The van der Waals surface area contributed by atoms with E-state index in [-0.39, 0.29) is 13.1 Å². The van der Waals surface area contributed by atoms with Gasteiger partial charge in [-0.05, 0) is 20.8 Å². The fourth-order valence-electron chi connectivity index (χ4n) is 1.66. The molecule has 0 spiro atoms. The Labute approximate surface area is 119 Å². The number of rotatable bonds is 2. The summed E-state index contributed by atoms with van der Waals surface area (Å²) in [7, 11) is 0. The number of amides is 1. The Hall–Kier alpha value is -1.99. The second kappa shape index (κ2) is 5.42. The highest BCUT2D eigenvalue weighted by molar-refractivity contribution is 5.69. The van der Waals surface area contributed by atoms with Crippen LogP contribution >= 0.6 is 0 Å². The number of aromatic nitrogens is 1. The summed E-state index contributed by atoms with van der Waals surface area (Å²) in [6.45, 7) is 5.53. The van der Waals surface area contributed by atoms with Crippen molar-refractivity contribution in [3.05, 3.63) is 23.6 Å². The van der Waals surface area contributed by atoms with E-state index in [1.807, 2.05) is 0 Å². The molecule has 2 rings (SSSR count). The minimum atomic E-state index is -1.44. The molecule has 0 aromatic carbocycles. The van der Waals surface area contributed by atoms with Gasteiger partial charge in [-0.25, -0.2) is 13.6 Å². The quantitative estimate of drug-likeness (QED) is 0.788. The van der Waals surface area contributed by atoms with E-state index in [0.29, 0.717) is 6.07 Å². The molecule has 1 aromatic rings. The molecule has 0 aliphatic carbocycles. The van der Waals surface area contributed by atoms with Crippen LogP contribution in [0.1, 0.15) is 20.8 Å². The Morgan fingerprint density at radius 1 is 1.29 bits per heavy atom. The Bertz CT molecular complexity index is 554. The summed E-state index contributed by atoms with van der Waals surface area (Å²) in [6, 6.07) is 0.363. The minimum Gasteiger partial charge on any atom is -0.468 e. The molecule has 21 heavy (non-hydrogen) atoms. The van der Waals surface area contributed by atoms with Gasteiger partial charge in [-0.1, -0.05) is 0 Å². The van der Waals surface area contributed by atoms with Crippen LogP contribution in [0.25, 0.3) is 0 Å². The molecule has 0 radical (unpaired) electrons. The summed E-state index contributed by atoms with van der Waals surface area (Å²) >= 11 is 0. The molecule has 0 unspecified atom stereocenters. The average Bonchev–Trinajstić information content (AvgIpc) is 2.26. The Morgan fingerprint density at radius 2 is 1.90 bits per heavy atom. The molecule has 1 aromatic heterocycles. The number of hydrogen-bond acceptors (Lipinski definition) is 4. The zero-order valence-corrected chi connectivity index (χ0v) is 11.8. The molecule has 0 atom stereocenters. The maximum atomic E-state index is 13.3. The zero-order valence-electron chi connectivity index (χ0n) is 11.8. The van der Waals surface area contributed by atoms with Crippen molar-refractivity contribution in [2.45, 2.75) is 32.5 Å². The Balaban J connectivity index is 1.89. The normalized spacial score (nSPS) is 15.6. The van der Waals surface area contributed by atoms with Crippen molar-refractivity contribution in [3.63, 3.8) is 0 Å². The lowest BCUT2D eigenvalue weighted by molar-refractivity contribution is -0.0243. The third kappa shape index (κ3) is 3.77. The first-order chi connectivity index (χ1) is 9.65. The van der Waals surface area contributed by atoms with Gasteiger partial charge in [0.05, 0.1) is 13.1 Å². The number of ether oxygens (including phenoxy) is 2. The van der Waals surface area contributed by atoms with E-state index >= 15 is 0 Å². The maximum absolute atomic E-state index is 13.3. The van der Waals surface area contributed by atoms with E-state index < -0.39 is 41.3 Å². The van der Waals surface area contributed by atoms with E-state index in [1.54, 1.807) is 20.8 Å². The van der Waals surface area contributed by atoms with Crippen LogP contribution in [0.15, 0.2) is 6.07 Å². The van der Waals surface area contributed by atoms with Crippen molar-refractivity contribution in [3.8, 4) is 5.88 Å². The fraction of sp³-hybridized carbons (Fsp3) is 0.538. The number of nitrogens with zero attached hydrogens (tertiary/aromatic N) is 2. The first-order valence-electron chi connectivity index (χ1n) is 6.32. The molecule has 8 heteroatoms. The molecule has 1 amide bonds. The van der Waals surface area contributed by atoms with E-state index in [2.05, 4.69) is 4.98 Å². The van der Waals surface area contributed by atoms with Crippen LogP contribution in [0.4, 0.5) is 18.0 Å². The summed E-state index contributed by atoms with van der Waals surface area (Å²) < 4.78 is 49.2. The van der Waals surface area contributed by atoms with E-state index in [1.165, 1.54) is 4.90 Å². The lowest BCUT2D eigenvalue weighted by atomic mass is 10.2. The predicted octanol–water partition coefficient (Wildman–Crippen LogP) is 2.50. The molecule has 0 N–H and O–H groups in total. The number of likely N-dealkylation sites (tertiary alicyclic amines) is 1. The van der Waals surface area contributed by atoms with Crippen LogP contribution in [0, 0.1) is 17.6 Å². The lowest BCUT2D eigenvalue weighted by Crippen LogP contribution is -2.57. The first kappa shape index (κ1) is 15.4. The van der Waals surface area contributed by atoms with Gasteiger partial charge in [-0.15, -0.1) is 0 Å². The summed E-state index contributed by atoms with van der Waals surface area (Å²) in [5.74, 6) is -4.54. The molecule has 1 aliphatic heterocycles. The van der Waals surface area contributed by atoms with Gasteiger partial charge in [-0.2, -0.15) is 9.37 Å². The lowest BCUT2D eigenvalue weighted by Gasteiger charge is -2.39. The first-order valence-corrected chi connectivity index (χ1v) is 6.32. The second-order valence-electron chi connectivity index (χ2n) is 5.67. The van der Waals surface area contributed by atoms with Gasteiger partial charge in [0.25, 0.3) is 11.8 Å². The van der Waals surface area contributed by atoms with Crippen LogP contribution in [0.3, 0.4) is 0 Å². The van der Waals surface area contributed by atoms with Gasteiger partial charge < -0.3 is 14.4 Å². The van der Waals surface area contributed by atoms with Gasteiger partial charge in [0.2, 0.25) is 0 Å². The number of carbonyl (C=O) groups excluding carboxylic acids is 1. The van der Waals surface area contributed by atoms with Crippen molar-refractivity contribution in [1.29, 1.82) is 0 Å². The fourth-order valence-corrected chi connectivity index (χ4v) is 1.66. The van der Waals surface area contributed by atoms with E-state index in [0.717, 1.165) is 0 Å². The third-order valence-corrected chi connectivity index (χ3v) is 2.63. The second-order valence-corrected chi connectivity index (χ2v) is 5.67. The zero-order chi connectivity index (χ0) is 15.8. The van der Waals surface area contributed by atoms with Crippen LogP contribution in [0.2, 0.25) is 0 Å².